The summed E-state index contributed by atoms with van der Waals surface area (Å²) in [6.45, 7) is 3.81. The molecule has 11 heteroatoms. The number of urea groups is 1. The Balaban J connectivity index is 1.69. The smallest absolute Gasteiger partial charge is 0.319 e. The molecule has 168 valence electrons. The maximum atomic E-state index is 12.9. The van der Waals surface area contributed by atoms with E-state index in [-0.39, 0.29) is 5.92 Å². The quantitative estimate of drug-likeness (QED) is 0.344. The molecule has 0 bridgehead atoms. The van der Waals surface area contributed by atoms with E-state index in [1.54, 1.807) is 24.3 Å². The molecule has 3 amide bonds. The van der Waals surface area contributed by atoms with Crippen LogP contribution in [0, 0.1) is 5.92 Å². The van der Waals surface area contributed by atoms with Crippen molar-refractivity contribution in [3.63, 3.8) is 0 Å². The van der Waals surface area contributed by atoms with Crippen LogP contribution in [0.1, 0.15) is 20.3 Å². The van der Waals surface area contributed by atoms with E-state index in [1.807, 2.05) is 26.0 Å². The van der Waals surface area contributed by atoms with Gasteiger partial charge >= 0.3 is 6.03 Å². The van der Waals surface area contributed by atoms with Crippen LogP contribution >= 0.6 is 46.1 Å². The van der Waals surface area contributed by atoms with Gasteiger partial charge in [0.2, 0.25) is 11.0 Å². The van der Waals surface area contributed by atoms with Gasteiger partial charge in [-0.3, -0.25) is 10.1 Å². The molecule has 0 aliphatic heterocycles. The van der Waals surface area contributed by atoms with Crippen LogP contribution in [0.3, 0.4) is 0 Å². The van der Waals surface area contributed by atoms with Gasteiger partial charge in [-0.25, -0.2) is 4.79 Å². The largest absolute Gasteiger partial charge is 0.326 e. The Morgan fingerprint density at radius 2 is 1.78 bits per heavy atom. The second kappa shape index (κ2) is 11.0. The van der Waals surface area contributed by atoms with E-state index in [9.17, 15) is 9.59 Å². The topological polar surface area (TPSA) is 96.0 Å². The van der Waals surface area contributed by atoms with Crippen molar-refractivity contribution in [2.45, 2.75) is 26.3 Å². The maximum absolute atomic E-state index is 12.9. The highest BCUT2D eigenvalue weighted by atomic mass is 35.5. The average molecular weight is 513 g/mol. The van der Waals surface area contributed by atoms with Crippen LogP contribution in [0.2, 0.25) is 15.1 Å². The van der Waals surface area contributed by atoms with E-state index in [4.69, 9.17) is 34.8 Å². The van der Waals surface area contributed by atoms with Gasteiger partial charge in [-0.1, -0.05) is 78.5 Å². The first-order valence-electron chi connectivity index (χ1n) is 9.69. The SMILES string of the molecule is CCC(C)C(NC(=O)Nc1ccc(Cl)cc1Cl)C(=O)Nc1nnc(-c2cccc(Cl)c2)s1. The molecule has 2 aromatic carbocycles. The molecular weight excluding hydrogens is 493 g/mol. The highest BCUT2D eigenvalue weighted by molar-refractivity contribution is 7.18. The molecule has 0 saturated carbocycles. The van der Waals surface area contributed by atoms with Crippen LogP contribution in [-0.2, 0) is 4.79 Å². The zero-order valence-electron chi connectivity index (χ0n) is 17.2. The summed E-state index contributed by atoms with van der Waals surface area (Å²) in [6, 6.07) is 10.5. The summed E-state index contributed by atoms with van der Waals surface area (Å²) in [6.07, 6.45) is 0.671. The summed E-state index contributed by atoms with van der Waals surface area (Å²) < 4.78 is 0. The lowest BCUT2D eigenvalue weighted by molar-refractivity contribution is -0.119. The predicted molar refractivity (Wildman–Crippen MR) is 131 cm³/mol. The lowest BCUT2D eigenvalue weighted by Crippen LogP contribution is -2.49. The summed E-state index contributed by atoms with van der Waals surface area (Å²) >= 11 is 19.2. The molecule has 0 aliphatic carbocycles. The van der Waals surface area contributed by atoms with Crippen LogP contribution in [0.5, 0.6) is 0 Å². The zero-order chi connectivity index (χ0) is 23.3. The van der Waals surface area contributed by atoms with E-state index >= 15 is 0 Å². The van der Waals surface area contributed by atoms with Gasteiger partial charge in [-0.2, -0.15) is 0 Å². The van der Waals surface area contributed by atoms with Crippen LogP contribution < -0.4 is 16.0 Å². The lowest BCUT2D eigenvalue weighted by Gasteiger charge is -2.23. The first-order chi connectivity index (χ1) is 15.3. The Morgan fingerprint density at radius 3 is 2.47 bits per heavy atom. The number of nitrogens with one attached hydrogen (secondary N) is 3. The van der Waals surface area contributed by atoms with Crippen molar-refractivity contribution in [3.8, 4) is 10.6 Å². The highest BCUT2D eigenvalue weighted by Gasteiger charge is 2.27. The molecule has 1 heterocycles. The Morgan fingerprint density at radius 1 is 1.03 bits per heavy atom. The average Bonchev–Trinajstić information content (AvgIpc) is 3.22. The predicted octanol–water partition coefficient (Wildman–Crippen LogP) is 6.34. The Bertz CT molecular complexity index is 1120. The Kier molecular flexibility index (Phi) is 8.31. The minimum absolute atomic E-state index is 0.137. The van der Waals surface area contributed by atoms with Crippen molar-refractivity contribution in [2.75, 3.05) is 10.6 Å². The van der Waals surface area contributed by atoms with E-state index in [0.717, 1.165) is 5.56 Å². The fourth-order valence-electron chi connectivity index (χ4n) is 2.79. The number of aromatic nitrogens is 2. The number of hydrogen-bond acceptors (Lipinski definition) is 5. The summed E-state index contributed by atoms with van der Waals surface area (Å²) in [4.78, 5) is 25.5. The third kappa shape index (κ3) is 6.32. The number of anilines is 2. The minimum Gasteiger partial charge on any atom is -0.326 e. The van der Waals surface area contributed by atoms with Crippen molar-refractivity contribution in [3.05, 3.63) is 57.5 Å². The molecule has 32 heavy (non-hydrogen) atoms. The molecule has 2 unspecified atom stereocenters. The number of benzene rings is 2. The number of halogens is 3. The number of carbonyl (C=O) groups is 2. The van der Waals surface area contributed by atoms with Crippen LogP contribution in [0.25, 0.3) is 10.6 Å². The molecule has 3 rings (SSSR count). The van der Waals surface area contributed by atoms with Crippen LogP contribution in [0.4, 0.5) is 15.6 Å². The number of hydrogen-bond donors (Lipinski definition) is 3. The van der Waals surface area contributed by atoms with Gasteiger partial charge < -0.3 is 10.6 Å². The van der Waals surface area contributed by atoms with Gasteiger partial charge in [-0.05, 0) is 36.2 Å². The van der Waals surface area contributed by atoms with Crippen molar-refractivity contribution in [2.24, 2.45) is 5.92 Å². The van der Waals surface area contributed by atoms with Gasteiger partial charge in [0.05, 0.1) is 10.7 Å². The third-order valence-electron chi connectivity index (χ3n) is 4.69. The number of carbonyl (C=O) groups excluding carboxylic acids is 2. The summed E-state index contributed by atoms with van der Waals surface area (Å²) in [5.74, 6) is -0.535. The molecule has 7 nitrogen and oxygen atoms in total. The van der Waals surface area contributed by atoms with Gasteiger partial charge in [0.1, 0.15) is 11.0 Å². The van der Waals surface area contributed by atoms with E-state index < -0.39 is 18.0 Å². The first-order valence-corrected chi connectivity index (χ1v) is 11.6. The molecule has 2 atom stereocenters. The van der Waals surface area contributed by atoms with Gasteiger partial charge in [0.15, 0.2) is 0 Å². The van der Waals surface area contributed by atoms with Crippen molar-refractivity contribution in [1.82, 2.24) is 15.5 Å². The first kappa shape index (κ1) is 24.3. The van der Waals surface area contributed by atoms with Crippen LogP contribution in [-0.4, -0.2) is 28.2 Å². The fraction of sp³-hybridized carbons (Fsp3) is 0.238. The van der Waals surface area contributed by atoms with Crippen LogP contribution in [0.15, 0.2) is 42.5 Å². The van der Waals surface area contributed by atoms with E-state index in [1.165, 1.54) is 17.4 Å². The highest BCUT2D eigenvalue weighted by Crippen LogP contribution is 2.28. The molecule has 3 aromatic rings. The number of nitrogens with zero attached hydrogens (tertiary/aromatic N) is 2. The standard InChI is InChI=1S/C21H20Cl3N5O2S/c1-3-11(2)17(26-20(31)25-16-8-7-14(23)10-15(16)24)18(30)27-21-29-28-19(32-21)12-5-4-6-13(22)9-12/h4-11,17H,3H2,1-2H3,(H2,25,26,31)(H,27,29,30). The normalized spacial score (nSPS) is 12.7. The maximum Gasteiger partial charge on any atom is 0.319 e. The van der Waals surface area contributed by atoms with Gasteiger partial charge in [0, 0.05) is 15.6 Å². The lowest BCUT2D eigenvalue weighted by atomic mass is 9.98. The zero-order valence-corrected chi connectivity index (χ0v) is 20.2. The number of rotatable bonds is 7. The molecule has 0 radical (unpaired) electrons. The Hall–Kier alpha value is -2.39. The van der Waals surface area contributed by atoms with Crippen molar-refractivity contribution in [1.29, 1.82) is 0 Å². The van der Waals surface area contributed by atoms with E-state index in [2.05, 4.69) is 26.1 Å². The van der Waals surface area contributed by atoms with E-state index in [0.29, 0.717) is 37.3 Å². The van der Waals surface area contributed by atoms with Gasteiger partial charge in [0.25, 0.3) is 0 Å². The fourth-order valence-corrected chi connectivity index (χ4v) is 4.18. The molecule has 1 aromatic heterocycles. The summed E-state index contributed by atoms with van der Waals surface area (Å²) in [5.41, 5.74) is 1.18. The summed E-state index contributed by atoms with van der Waals surface area (Å²) in [7, 11) is 0. The molecular formula is C21H20Cl3N5O2S. The minimum atomic E-state index is -0.801. The van der Waals surface area contributed by atoms with Gasteiger partial charge in [-0.15, -0.1) is 10.2 Å². The Labute approximate surface area is 204 Å². The molecule has 0 aliphatic rings. The van der Waals surface area contributed by atoms with Crippen molar-refractivity contribution >= 4 is 68.9 Å². The van der Waals surface area contributed by atoms with Crippen molar-refractivity contribution < 1.29 is 9.59 Å². The monoisotopic (exact) mass is 511 g/mol. The second-order valence-corrected chi connectivity index (χ2v) is 9.26. The molecule has 3 N–H and O–H groups in total. The second-order valence-electron chi connectivity index (χ2n) is 7.00. The molecule has 0 saturated heterocycles. The summed E-state index contributed by atoms with van der Waals surface area (Å²) in [5, 5.41) is 18.5. The third-order valence-corrected chi connectivity index (χ3v) is 6.36. The molecule has 0 spiro atoms. The number of amides is 3. The molecule has 0 fully saturated rings.